The van der Waals surface area contributed by atoms with Crippen molar-refractivity contribution in [2.75, 3.05) is 5.32 Å². The Kier molecular flexibility index (Phi) is 2.18. The molecule has 0 saturated heterocycles. The molecule has 0 saturated carbocycles. The zero-order chi connectivity index (χ0) is 7.84. The fourth-order valence-corrected chi connectivity index (χ4v) is 1.36. The highest BCUT2D eigenvalue weighted by atomic mass is 16.1. The van der Waals surface area contributed by atoms with Crippen LogP contribution in [0.2, 0.25) is 0 Å². The fourth-order valence-electron chi connectivity index (χ4n) is 1.36. The van der Waals surface area contributed by atoms with E-state index in [-0.39, 0.29) is 13.3 Å². The molecule has 64 valence electrons. The fraction of sp³-hybridized carbons (Fsp3) is 0.300. The molecule has 2 nitrogen and oxygen atoms in total. The van der Waals surface area contributed by atoms with Crippen molar-refractivity contribution in [2.24, 2.45) is 0 Å². The van der Waals surface area contributed by atoms with E-state index >= 15 is 0 Å². The summed E-state index contributed by atoms with van der Waals surface area (Å²) in [5, 5.41) is 2.79. The Morgan fingerprint density at radius 3 is 2.92 bits per heavy atom. The standard InChI is InChI=1S/C9H9NO.CH4/c1-6-2-3-8-7(4-6)5-9(11)10-8;/h2-4H,5H2,1H3,(H,10,11);1H4. The van der Waals surface area contributed by atoms with Gasteiger partial charge in [-0.1, -0.05) is 25.1 Å². The summed E-state index contributed by atoms with van der Waals surface area (Å²) in [6.45, 7) is 2.03. The minimum absolute atomic E-state index is 0. The van der Waals surface area contributed by atoms with Gasteiger partial charge in [-0.05, 0) is 18.6 Å². The first-order chi connectivity index (χ1) is 5.25. The van der Waals surface area contributed by atoms with Crippen LogP contribution >= 0.6 is 0 Å². The van der Waals surface area contributed by atoms with Gasteiger partial charge in [0.15, 0.2) is 0 Å². The summed E-state index contributed by atoms with van der Waals surface area (Å²) in [6, 6.07) is 6.01. The Bertz CT molecular complexity index is 318. The molecule has 1 aliphatic heterocycles. The number of hydrogen-bond acceptors (Lipinski definition) is 1. The number of benzene rings is 1. The number of rotatable bonds is 0. The summed E-state index contributed by atoms with van der Waals surface area (Å²) in [5.41, 5.74) is 3.30. The molecule has 0 spiro atoms. The first-order valence-corrected chi connectivity index (χ1v) is 3.65. The summed E-state index contributed by atoms with van der Waals surface area (Å²) in [6.07, 6.45) is 0.539. The van der Waals surface area contributed by atoms with E-state index < -0.39 is 0 Å². The SMILES string of the molecule is C.Cc1ccc2c(c1)CC(=O)N2. The Hall–Kier alpha value is -1.31. The van der Waals surface area contributed by atoms with E-state index in [1.807, 2.05) is 25.1 Å². The number of nitrogens with one attached hydrogen (secondary N) is 1. The van der Waals surface area contributed by atoms with Gasteiger partial charge in [-0.2, -0.15) is 0 Å². The zero-order valence-corrected chi connectivity index (χ0v) is 6.35. The summed E-state index contributed by atoms with van der Waals surface area (Å²) in [4.78, 5) is 10.9. The second kappa shape index (κ2) is 2.97. The Morgan fingerprint density at radius 2 is 2.17 bits per heavy atom. The highest BCUT2D eigenvalue weighted by Gasteiger charge is 2.16. The third-order valence-corrected chi connectivity index (χ3v) is 1.89. The van der Waals surface area contributed by atoms with Gasteiger partial charge in [0.2, 0.25) is 5.91 Å². The van der Waals surface area contributed by atoms with Crippen LogP contribution in [0.1, 0.15) is 18.6 Å². The van der Waals surface area contributed by atoms with E-state index in [4.69, 9.17) is 0 Å². The Labute approximate surface area is 72.6 Å². The number of carbonyl (C=O) groups excluding carboxylic acids is 1. The third-order valence-electron chi connectivity index (χ3n) is 1.89. The monoisotopic (exact) mass is 163 g/mol. The van der Waals surface area contributed by atoms with Crippen molar-refractivity contribution in [2.45, 2.75) is 20.8 Å². The van der Waals surface area contributed by atoms with Gasteiger partial charge in [0, 0.05) is 5.69 Å². The van der Waals surface area contributed by atoms with E-state index in [0.717, 1.165) is 11.3 Å². The molecular formula is C10H13NO. The second-order valence-corrected chi connectivity index (χ2v) is 2.89. The lowest BCUT2D eigenvalue weighted by Gasteiger charge is -1.97. The lowest BCUT2D eigenvalue weighted by atomic mass is 10.1. The predicted octanol–water partition coefficient (Wildman–Crippen LogP) is 2.13. The highest BCUT2D eigenvalue weighted by Crippen LogP contribution is 2.23. The van der Waals surface area contributed by atoms with Crippen LogP contribution in [0.5, 0.6) is 0 Å². The molecule has 0 unspecified atom stereocenters. The van der Waals surface area contributed by atoms with E-state index in [2.05, 4.69) is 5.32 Å². The number of amides is 1. The van der Waals surface area contributed by atoms with E-state index in [1.54, 1.807) is 0 Å². The topological polar surface area (TPSA) is 29.1 Å². The molecule has 0 aromatic heterocycles. The summed E-state index contributed by atoms with van der Waals surface area (Å²) in [5.74, 6) is 0.102. The van der Waals surface area contributed by atoms with E-state index in [1.165, 1.54) is 5.56 Å². The smallest absolute Gasteiger partial charge is 0.228 e. The van der Waals surface area contributed by atoms with Gasteiger partial charge >= 0.3 is 0 Å². The average molecular weight is 163 g/mol. The van der Waals surface area contributed by atoms with Crippen LogP contribution in [-0.4, -0.2) is 5.91 Å². The molecule has 1 N–H and O–H groups in total. The van der Waals surface area contributed by atoms with Crippen LogP contribution in [-0.2, 0) is 11.2 Å². The maximum absolute atomic E-state index is 10.9. The summed E-state index contributed by atoms with van der Waals surface area (Å²) >= 11 is 0. The van der Waals surface area contributed by atoms with Crippen LogP contribution in [0.25, 0.3) is 0 Å². The van der Waals surface area contributed by atoms with Gasteiger partial charge in [0.25, 0.3) is 0 Å². The number of aryl methyl sites for hydroxylation is 1. The van der Waals surface area contributed by atoms with Crippen molar-refractivity contribution in [1.82, 2.24) is 0 Å². The van der Waals surface area contributed by atoms with Crippen molar-refractivity contribution < 1.29 is 4.79 Å². The van der Waals surface area contributed by atoms with E-state index in [9.17, 15) is 4.79 Å². The van der Waals surface area contributed by atoms with Crippen molar-refractivity contribution in [1.29, 1.82) is 0 Å². The second-order valence-electron chi connectivity index (χ2n) is 2.89. The molecule has 1 heterocycles. The molecule has 0 aliphatic carbocycles. The third kappa shape index (κ3) is 1.33. The van der Waals surface area contributed by atoms with Crippen LogP contribution in [0, 0.1) is 6.92 Å². The Balaban J connectivity index is 0.000000720. The van der Waals surface area contributed by atoms with Crippen molar-refractivity contribution in [3.05, 3.63) is 29.3 Å². The first-order valence-electron chi connectivity index (χ1n) is 3.65. The van der Waals surface area contributed by atoms with Crippen LogP contribution < -0.4 is 5.32 Å². The molecule has 0 fully saturated rings. The molecule has 1 aliphatic rings. The molecule has 2 heteroatoms. The summed E-state index contributed by atoms with van der Waals surface area (Å²) < 4.78 is 0. The number of fused-ring (bicyclic) bond motifs is 1. The minimum atomic E-state index is 0. The molecular weight excluding hydrogens is 150 g/mol. The quantitative estimate of drug-likeness (QED) is 0.623. The maximum atomic E-state index is 10.9. The molecule has 1 aromatic carbocycles. The lowest BCUT2D eigenvalue weighted by Crippen LogP contribution is -2.03. The van der Waals surface area contributed by atoms with Crippen molar-refractivity contribution in [3.8, 4) is 0 Å². The van der Waals surface area contributed by atoms with Gasteiger partial charge in [-0.3, -0.25) is 4.79 Å². The van der Waals surface area contributed by atoms with Crippen molar-refractivity contribution >= 4 is 11.6 Å². The summed E-state index contributed by atoms with van der Waals surface area (Å²) in [7, 11) is 0. The molecule has 12 heavy (non-hydrogen) atoms. The predicted molar refractivity (Wildman–Crippen MR) is 50.2 cm³/mol. The number of carbonyl (C=O) groups is 1. The van der Waals surface area contributed by atoms with Gasteiger partial charge in [-0.15, -0.1) is 0 Å². The average Bonchev–Trinajstić information content (AvgIpc) is 2.27. The van der Waals surface area contributed by atoms with Gasteiger partial charge in [0.1, 0.15) is 0 Å². The maximum Gasteiger partial charge on any atom is 0.228 e. The Morgan fingerprint density at radius 1 is 1.42 bits per heavy atom. The van der Waals surface area contributed by atoms with Crippen LogP contribution in [0.3, 0.4) is 0 Å². The van der Waals surface area contributed by atoms with Crippen LogP contribution in [0.15, 0.2) is 18.2 Å². The normalized spacial score (nSPS) is 13.2. The molecule has 0 radical (unpaired) electrons. The number of anilines is 1. The molecule has 1 aromatic rings. The first kappa shape index (κ1) is 8.78. The zero-order valence-electron chi connectivity index (χ0n) is 6.35. The van der Waals surface area contributed by atoms with Crippen LogP contribution in [0.4, 0.5) is 5.69 Å². The lowest BCUT2D eigenvalue weighted by molar-refractivity contribution is -0.115. The molecule has 0 atom stereocenters. The molecule has 2 rings (SSSR count). The molecule has 1 amide bonds. The van der Waals surface area contributed by atoms with Gasteiger partial charge in [0.05, 0.1) is 6.42 Å². The van der Waals surface area contributed by atoms with Gasteiger partial charge in [-0.25, -0.2) is 0 Å². The van der Waals surface area contributed by atoms with E-state index in [0.29, 0.717) is 6.42 Å². The number of hydrogen-bond donors (Lipinski definition) is 1. The largest absolute Gasteiger partial charge is 0.326 e. The molecule has 0 bridgehead atoms. The highest BCUT2D eigenvalue weighted by molar-refractivity contribution is 5.99. The van der Waals surface area contributed by atoms with Crippen molar-refractivity contribution in [3.63, 3.8) is 0 Å². The minimum Gasteiger partial charge on any atom is -0.326 e. The van der Waals surface area contributed by atoms with Gasteiger partial charge < -0.3 is 5.32 Å².